The Morgan fingerprint density at radius 2 is 2.00 bits per heavy atom. The third-order valence-electron chi connectivity index (χ3n) is 5.33. The molecule has 0 spiro atoms. The summed E-state index contributed by atoms with van der Waals surface area (Å²) >= 11 is 0. The van der Waals surface area contributed by atoms with E-state index in [1.165, 1.54) is 0 Å². The standard InChI is InChI=1S/C24H29N3O3/c1-3-27-15-23(25-26-27)12-11-21(20-10-9-18(2)22(13-20)16-28)14-24(29)30-17-19-7-5-4-6-8-19/h4-10,13,15,21,28H,3,11-12,14,16-17H2,1-2H3. The van der Waals surface area contributed by atoms with Crippen LogP contribution in [0.2, 0.25) is 0 Å². The van der Waals surface area contributed by atoms with Gasteiger partial charge in [-0.25, -0.2) is 0 Å². The predicted octanol–water partition coefficient (Wildman–Crippen LogP) is 3.95. The SMILES string of the molecule is CCn1cc(CCC(CC(=O)OCc2ccccc2)c2ccc(C)c(CO)c2)nn1. The Hall–Kier alpha value is -2.99. The van der Waals surface area contributed by atoms with E-state index in [0.717, 1.165) is 47.3 Å². The van der Waals surface area contributed by atoms with E-state index in [9.17, 15) is 9.90 Å². The summed E-state index contributed by atoms with van der Waals surface area (Å²) in [6.07, 6.45) is 3.69. The summed E-state index contributed by atoms with van der Waals surface area (Å²) in [7, 11) is 0. The van der Waals surface area contributed by atoms with Crippen LogP contribution in [0.3, 0.4) is 0 Å². The second-order valence-corrected chi connectivity index (χ2v) is 7.50. The number of nitrogens with zero attached hydrogens (tertiary/aromatic N) is 3. The molecule has 0 aliphatic carbocycles. The first-order valence-corrected chi connectivity index (χ1v) is 10.4. The second-order valence-electron chi connectivity index (χ2n) is 7.50. The molecule has 1 N–H and O–H groups in total. The Labute approximate surface area is 177 Å². The molecule has 3 rings (SSSR count). The minimum absolute atomic E-state index is 0.0182. The van der Waals surface area contributed by atoms with Gasteiger partial charge in [-0.1, -0.05) is 53.7 Å². The van der Waals surface area contributed by atoms with Gasteiger partial charge in [0.1, 0.15) is 6.61 Å². The van der Waals surface area contributed by atoms with Gasteiger partial charge in [-0.2, -0.15) is 0 Å². The number of benzene rings is 2. The van der Waals surface area contributed by atoms with E-state index in [1.807, 2.05) is 68.6 Å². The molecule has 1 heterocycles. The molecule has 6 nitrogen and oxygen atoms in total. The van der Waals surface area contributed by atoms with Crippen LogP contribution in [0.15, 0.2) is 54.7 Å². The molecular formula is C24H29N3O3. The van der Waals surface area contributed by atoms with Gasteiger partial charge in [-0.3, -0.25) is 9.48 Å². The number of esters is 1. The van der Waals surface area contributed by atoms with Crippen molar-refractivity contribution >= 4 is 5.97 Å². The smallest absolute Gasteiger partial charge is 0.306 e. The zero-order valence-corrected chi connectivity index (χ0v) is 17.6. The molecule has 0 aliphatic heterocycles. The van der Waals surface area contributed by atoms with Crippen molar-refractivity contribution in [2.75, 3.05) is 0 Å². The third kappa shape index (κ3) is 6.00. The molecule has 6 heteroatoms. The molecule has 1 aromatic heterocycles. The van der Waals surface area contributed by atoms with Crippen molar-refractivity contribution in [3.63, 3.8) is 0 Å². The number of aliphatic hydroxyl groups excluding tert-OH is 1. The van der Waals surface area contributed by atoms with Gasteiger partial charge in [-0.15, -0.1) is 5.10 Å². The fraction of sp³-hybridized carbons (Fsp3) is 0.375. The summed E-state index contributed by atoms with van der Waals surface area (Å²) in [6, 6.07) is 15.7. The zero-order valence-electron chi connectivity index (χ0n) is 17.6. The van der Waals surface area contributed by atoms with Crippen molar-refractivity contribution in [2.24, 2.45) is 0 Å². The van der Waals surface area contributed by atoms with Crippen LogP contribution in [-0.4, -0.2) is 26.1 Å². The van der Waals surface area contributed by atoms with E-state index >= 15 is 0 Å². The summed E-state index contributed by atoms with van der Waals surface area (Å²) < 4.78 is 7.31. The number of aromatic nitrogens is 3. The van der Waals surface area contributed by atoms with E-state index in [4.69, 9.17) is 4.74 Å². The Morgan fingerprint density at radius 3 is 2.70 bits per heavy atom. The molecule has 2 aromatic carbocycles. The maximum atomic E-state index is 12.6. The number of carbonyl (C=O) groups excluding carboxylic acids is 1. The van der Waals surface area contributed by atoms with Crippen molar-refractivity contribution in [3.05, 3.63) is 82.7 Å². The van der Waals surface area contributed by atoms with E-state index in [0.29, 0.717) is 0 Å². The molecule has 0 bridgehead atoms. The number of aliphatic hydroxyl groups is 1. The number of hydrogen-bond donors (Lipinski definition) is 1. The summed E-state index contributed by atoms with van der Waals surface area (Å²) in [5.41, 5.74) is 4.83. The van der Waals surface area contributed by atoms with Gasteiger partial charge in [0.15, 0.2) is 0 Å². The van der Waals surface area contributed by atoms with Gasteiger partial charge in [0.25, 0.3) is 0 Å². The molecule has 1 unspecified atom stereocenters. The molecule has 1 atom stereocenters. The molecule has 0 saturated heterocycles. The molecule has 158 valence electrons. The minimum Gasteiger partial charge on any atom is -0.461 e. The fourth-order valence-electron chi connectivity index (χ4n) is 3.43. The average molecular weight is 408 g/mol. The van der Waals surface area contributed by atoms with Crippen molar-refractivity contribution < 1.29 is 14.6 Å². The Kier molecular flexibility index (Phi) is 7.74. The van der Waals surface area contributed by atoms with Crippen LogP contribution in [0.1, 0.15) is 53.6 Å². The lowest BCUT2D eigenvalue weighted by molar-refractivity contribution is -0.145. The number of hydrogen-bond acceptors (Lipinski definition) is 5. The van der Waals surface area contributed by atoms with Gasteiger partial charge < -0.3 is 9.84 Å². The highest BCUT2D eigenvalue weighted by Crippen LogP contribution is 2.28. The molecule has 0 aliphatic rings. The monoisotopic (exact) mass is 407 g/mol. The van der Waals surface area contributed by atoms with Crippen LogP contribution >= 0.6 is 0 Å². The Morgan fingerprint density at radius 1 is 1.20 bits per heavy atom. The molecule has 3 aromatic rings. The van der Waals surface area contributed by atoms with E-state index in [-0.39, 0.29) is 31.5 Å². The first kappa shape index (κ1) is 21.7. The predicted molar refractivity (Wildman–Crippen MR) is 115 cm³/mol. The number of aryl methyl sites for hydroxylation is 3. The van der Waals surface area contributed by atoms with Crippen molar-refractivity contribution in [1.29, 1.82) is 0 Å². The maximum absolute atomic E-state index is 12.6. The highest BCUT2D eigenvalue weighted by molar-refractivity contribution is 5.70. The highest BCUT2D eigenvalue weighted by atomic mass is 16.5. The highest BCUT2D eigenvalue weighted by Gasteiger charge is 2.19. The van der Waals surface area contributed by atoms with Crippen LogP contribution < -0.4 is 0 Å². The first-order valence-electron chi connectivity index (χ1n) is 10.4. The molecule has 0 amide bonds. The fourth-order valence-corrected chi connectivity index (χ4v) is 3.43. The van der Waals surface area contributed by atoms with Gasteiger partial charge >= 0.3 is 5.97 Å². The second kappa shape index (κ2) is 10.7. The van der Waals surface area contributed by atoms with Crippen LogP contribution in [-0.2, 0) is 35.7 Å². The Balaban J connectivity index is 1.70. The number of carbonyl (C=O) groups is 1. The van der Waals surface area contributed by atoms with E-state index < -0.39 is 0 Å². The topological polar surface area (TPSA) is 77.2 Å². The average Bonchev–Trinajstić information content (AvgIpc) is 3.24. The van der Waals surface area contributed by atoms with Gasteiger partial charge in [0, 0.05) is 12.7 Å². The Bertz CT molecular complexity index is 953. The van der Waals surface area contributed by atoms with Crippen LogP contribution in [0.4, 0.5) is 0 Å². The van der Waals surface area contributed by atoms with Gasteiger partial charge in [-0.05, 0) is 54.9 Å². The number of rotatable bonds is 10. The van der Waals surface area contributed by atoms with Crippen LogP contribution in [0, 0.1) is 6.92 Å². The number of ether oxygens (including phenoxy) is 1. The molecular weight excluding hydrogens is 378 g/mol. The largest absolute Gasteiger partial charge is 0.461 e. The third-order valence-corrected chi connectivity index (χ3v) is 5.33. The van der Waals surface area contributed by atoms with E-state index in [2.05, 4.69) is 10.3 Å². The molecule has 30 heavy (non-hydrogen) atoms. The van der Waals surface area contributed by atoms with Crippen molar-refractivity contribution in [2.45, 2.75) is 58.8 Å². The quantitative estimate of drug-likeness (QED) is 0.515. The summed E-state index contributed by atoms with van der Waals surface area (Å²) in [5, 5.41) is 17.9. The molecule has 0 saturated carbocycles. The first-order chi connectivity index (χ1) is 14.6. The lowest BCUT2D eigenvalue weighted by Gasteiger charge is -2.18. The summed E-state index contributed by atoms with van der Waals surface area (Å²) in [6.45, 7) is 5.02. The molecule has 0 fully saturated rings. The minimum atomic E-state index is -0.229. The van der Waals surface area contributed by atoms with Crippen molar-refractivity contribution in [3.8, 4) is 0 Å². The summed E-state index contributed by atoms with van der Waals surface area (Å²) in [4.78, 5) is 12.6. The van der Waals surface area contributed by atoms with Gasteiger partial charge in [0.05, 0.1) is 18.7 Å². The van der Waals surface area contributed by atoms with Crippen LogP contribution in [0.5, 0.6) is 0 Å². The van der Waals surface area contributed by atoms with Crippen LogP contribution in [0.25, 0.3) is 0 Å². The van der Waals surface area contributed by atoms with Crippen molar-refractivity contribution in [1.82, 2.24) is 15.0 Å². The zero-order chi connectivity index (χ0) is 21.3. The lowest BCUT2D eigenvalue weighted by atomic mass is 9.88. The molecule has 0 radical (unpaired) electrons. The van der Waals surface area contributed by atoms with Gasteiger partial charge in [0.2, 0.25) is 0 Å². The van der Waals surface area contributed by atoms with E-state index in [1.54, 1.807) is 4.68 Å². The lowest BCUT2D eigenvalue weighted by Crippen LogP contribution is -2.12. The maximum Gasteiger partial charge on any atom is 0.306 e. The normalized spacial score (nSPS) is 12.0. The summed E-state index contributed by atoms with van der Waals surface area (Å²) in [5.74, 6) is -0.252.